The van der Waals surface area contributed by atoms with Crippen molar-refractivity contribution in [1.29, 1.82) is 0 Å². The zero-order valence-corrected chi connectivity index (χ0v) is 14.7. The summed E-state index contributed by atoms with van der Waals surface area (Å²) in [5, 5.41) is 0. The summed E-state index contributed by atoms with van der Waals surface area (Å²) in [5.41, 5.74) is 2.20. The number of rotatable bonds is 6. The molecule has 2 aromatic carbocycles. The van der Waals surface area contributed by atoms with Crippen LogP contribution in [0.2, 0.25) is 0 Å². The van der Waals surface area contributed by atoms with Gasteiger partial charge in [0.25, 0.3) is 0 Å². The number of carbonyl (C=O) groups excluding carboxylic acids is 1. The van der Waals surface area contributed by atoms with Crippen molar-refractivity contribution < 1.29 is 19.0 Å². The van der Waals surface area contributed by atoms with Gasteiger partial charge >= 0.3 is 5.97 Å². The Morgan fingerprint density at radius 3 is 1.84 bits per heavy atom. The molecule has 0 aromatic heterocycles. The number of methoxy groups -OCH3 is 3. The third-order valence-corrected chi connectivity index (χ3v) is 4.83. The van der Waals surface area contributed by atoms with Crippen LogP contribution in [0.4, 0.5) is 0 Å². The lowest BCUT2D eigenvalue weighted by Crippen LogP contribution is -2.74. The average Bonchev–Trinajstić information content (AvgIpc) is 2.66. The van der Waals surface area contributed by atoms with Gasteiger partial charge in [0.05, 0.1) is 19.7 Å². The van der Waals surface area contributed by atoms with Gasteiger partial charge in [0.1, 0.15) is 0 Å². The van der Waals surface area contributed by atoms with Crippen molar-refractivity contribution in [2.75, 3.05) is 27.9 Å². The van der Waals surface area contributed by atoms with E-state index in [0.29, 0.717) is 6.54 Å². The maximum atomic E-state index is 12.5. The topological polar surface area (TPSA) is 48.0 Å². The van der Waals surface area contributed by atoms with Crippen LogP contribution in [0.15, 0.2) is 60.7 Å². The fourth-order valence-corrected chi connectivity index (χ4v) is 3.52. The summed E-state index contributed by atoms with van der Waals surface area (Å²) in [4.78, 5) is 14.5. The second-order valence-electron chi connectivity index (χ2n) is 6.04. The molecule has 1 saturated heterocycles. The molecule has 5 heteroatoms. The lowest BCUT2D eigenvalue weighted by molar-refractivity contribution is -0.311. The molecular formula is C20H23NO4. The Bertz CT molecular complexity index is 661. The Kier molecular flexibility index (Phi) is 5.18. The van der Waals surface area contributed by atoms with Crippen molar-refractivity contribution >= 4 is 5.97 Å². The first-order valence-electron chi connectivity index (χ1n) is 8.20. The predicted octanol–water partition coefficient (Wildman–Crippen LogP) is 2.62. The fourth-order valence-electron chi connectivity index (χ4n) is 3.52. The Morgan fingerprint density at radius 1 is 0.960 bits per heavy atom. The third-order valence-electron chi connectivity index (χ3n) is 4.83. The molecule has 1 atom stereocenters. The molecule has 0 spiro atoms. The number of carbonyl (C=O) groups is 1. The smallest absolute Gasteiger partial charge is 0.328 e. The SMILES string of the molecule is COC(=O)C1N(C(c2ccccc2)c2ccccc2)CC1(OC)OC. The van der Waals surface area contributed by atoms with Crippen LogP contribution in [-0.4, -0.2) is 50.6 Å². The Hall–Kier alpha value is -2.21. The van der Waals surface area contributed by atoms with E-state index in [1.54, 1.807) is 14.2 Å². The molecule has 1 aliphatic rings. The normalized spacial score (nSPS) is 19.4. The van der Waals surface area contributed by atoms with Crippen LogP contribution >= 0.6 is 0 Å². The summed E-state index contributed by atoms with van der Waals surface area (Å²) in [6, 6.07) is 19.5. The van der Waals surface area contributed by atoms with Crippen LogP contribution in [0.5, 0.6) is 0 Å². The van der Waals surface area contributed by atoms with E-state index in [4.69, 9.17) is 14.2 Å². The molecule has 0 aliphatic carbocycles. The van der Waals surface area contributed by atoms with Crippen LogP contribution in [-0.2, 0) is 19.0 Å². The van der Waals surface area contributed by atoms with Crippen molar-refractivity contribution in [2.24, 2.45) is 0 Å². The molecule has 132 valence electrons. The van der Waals surface area contributed by atoms with E-state index in [-0.39, 0.29) is 12.0 Å². The van der Waals surface area contributed by atoms with Crippen molar-refractivity contribution in [1.82, 2.24) is 4.90 Å². The molecule has 0 radical (unpaired) electrons. The molecule has 5 nitrogen and oxygen atoms in total. The quantitative estimate of drug-likeness (QED) is 0.597. The predicted molar refractivity (Wildman–Crippen MR) is 94.0 cm³/mol. The van der Waals surface area contributed by atoms with Gasteiger partial charge in [-0.3, -0.25) is 9.69 Å². The highest BCUT2D eigenvalue weighted by Gasteiger charge is 2.61. The van der Waals surface area contributed by atoms with E-state index >= 15 is 0 Å². The number of likely N-dealkylation sites (tertiary alicyclic amines) is 1. The van der Waals surface area contributed by atoms with Gasteiger partial charge in [0.15, 0.2) is 6.04 Å². The minimum Gasteiger partial charge on any atom is -0.468 e. The highest BCUT2D eigenvalue weighted by Crippen LogP contribution is 2.43. The van der Waals surface area contributed by atoms with Gasteiger partial charge in [-0.15, -0.1) is 0 Å². The molecule has 1 aliphatic heterocycles. The van der Waals surface area contributed by atoms with Crippen LogP contribution in [0, 0.1) is 0 Å². The van der Waals surface area contributed by atoms with Crippen molar-refractivity contribution in [3.05, 3.63) is 71.8 Å². The maximum Gasteiger partial charge on any atom is 0.328 e. The third kappa shape index (κ3) is 3.06. The van der Waals surface area contributed by atoms with Gasteiger partial charge in [-0.05, 0) is 11.1 Å². The van der Waals surface area contributed by atoms with Crippen molar-refractivity contribution in [2.45, 2.75) is 17.9 Å². The number of ether oxygens (including phenoxy) is 3. The second kappa shape index (κ2) is 7.35. The van der Waals surface area contributed by atoms with Gasteiger partial charge in [0, 0.05) is 14.2 Å². The first-order valence-corrected chi connectivity index (χ1v) is 8.20. The van der Waals surface area contributed by atoms with Gasteiger partial charge < -0.3 is 14.2 Å². The standard InChI is InChI=1S/C20H23NO4/c1-23-19(22)18-20(24-2,25-3)14-21(18)17(15-10-6-4-7-11-15)16-12-8-5-9-13-16/h4-13,17-18H,14H2,1-3H3. The van der Waals surface area contributed by atoms with E-state index in [9.17, 15) is 4.79 Å². The summed E-state index contributed by atoms with van der Waals surface area (Å²) in [7, 11) is 4.49. The molecule has 1 unspecified atom stereocenters. The van der Waals surface area contributed by atoms with E-state index in [0.717, 1.165) is 11.1 Å². The monoisotopic (exact) mass is 341 g/mol. The summed E-state index contributed by atoms with van der Waals surface area (Å²) in [6.45, 7) is 0.466. The first-order chi connectivity index (χ1) is 12.2. The van der Waals surface area contributed by atoms with E-state index in [2.05, 4.69) is 29.2 Å². The van der Waals surface area contributed by atoms with Crippen LogP contribution < -0.4 is 0 Å². The Labute approximate surface area is 148 Å². The van der Waals surface area contributed by atoms with E-state index in [1.807, 2.05) is 36.4 Å². The highest BCUT2D eigenvalue weighted by atomic mass is 16.7. The zero-order valence-electron chi connectivity index (χ0n) is 14.7. The van der Waals surface area contributed by atoms with Crippen LogP contribution in [0.3, 0.4) is 0 Å². The molecule has 0 bridgehead atoms. The number of esters is 1. The molecule has 0 N–H and O–H groups in total. The summed E-state index contributed by atoms with van der Waals surface area (Å²) >= 11 is 0. The van der Waals surface area contributed by atoms with Crippen LogP contribution in [0.1, 0.15) is 17.2 Å². The van der Waals surface area contributed by atoms with Gasteiger partial charge in [-0.2, -0.15) is 0 Å². The lowest BCUT2D eigenvalue weighted by Gasteiger charge is -2.55. The largest absolute Gasteiger partial charge is 0.468 e. The van der Waals surface area contributed by atoms with Crippen LogP contribution in [0.25, 0.3) is 0 Å². The number of hydrogen-bond acceptors (Lipinski definition) is 5. The molecule has 1 heterocycles. The fraction of sp³-hybridized carbons (Fsp3) is 0.350. The molecule has 0 amide bonds. The molecular weight excluding hydrogens is 318 g/mol. The van der Waals surface area contributed by atoms with E-state index < -0.39 is 11.8 Å². The number of nitrogens with zero attached hydrogens (tertiary/aromatic N) is 1. The highest BCUT2D eigenvalue weighted by molar-refractivity contribution is 5.78. The lowest BCUT2D eigenvalue weighted by atomic mass is 9.86. The molecule has 2 aromatic rings. The number of hydrogen-bond donors (Lipinski definition) is 0. The maximum absolute atomic E-state index is 12.5. The average molecular weight is 341 g/mol. The summed E-state index contributed by atoms with van der Waals surface area (Å²) in [5.74, 6) is -1.36. The number of benzene rings is 2. The van der Waals surface area contributed by atoms with Gasteiger partial charge in [-0.1, -0.05) is 60.7 Å². The van der Waals surface area contributed by atoms with Gasteiger partial charge in [-0.25, -0.2) is 0 Å². The zero-order chi connectivity index (χ0) is 17.9. The Morgan fingerprint density at radius 2 is 1.44 bits per heavy atom. The summed E-state index contributed by atoms with van der Waals surface area (Å²) < 4.78 is 16.1. The van der Waals surface area contributed by atoms with Gasteiger partial charge in [0.2, 0.25) is 5.79 Å². The second-order valence-corrected chi connectivity index (χ2v) is 6.04. The molecule has 25 heavy (non-hydrogen) atoms. The van der Waals surface area contributed by atoms with Crippen molar-refractivity contribution in [3.63, 3.8) is 0 Å². The molecule has 3 rings (SSSR count). The van der Waals surface area contributed by atoms with Crippen molar-refractivity contribution in [3.8, 4) is 0 Å². The minimum atomic E-state index is -0.991. The molecule has 1 fully saturated rings. The minimum absolute atomic E-state index is 0.0927. The molecule has 0 saturated carbocycles. The summed E-state index contributed by atoms with van der Waals surface area (Å²) in [6.07, 6.45) is 0. The Balaban J connectivity index is 2.03. The van der Waals surface area contributed by atoms with E-state index in [1.165, 1.54) is 7.11 Å². The first kappa shape index (κ1) is 17.6.